The van der Waals surface area contributed by atoms with Crippen LogP contribution in [0, 0.1) is 0 Å². The Morgan fingerprint density at radius 1 is 1.56 bits per heavy atom. The molecule has 1 fully saturated rings. The lowest BCUT2D eigenvalue weighted by atomic mass is 10.0. The number of carboxylic acid groups (broad SMARTS) is 1. The van der Waals surface area contributed by atoms with Crippen molar-refractivity contribution in [3.8, 4) is 0 Å². The molecule has 0 saturated carbocycles. The second-order valence-electron chi connectivity index (χ2n) is 4.25. The van der Waals surface area contributed by atoms with Crippen molar-refractivity contribution in [3.63, 3.8) is 0 Å². The fourth-order valence-corrected chi connectivity index (χ4v) is 2.15. The lowest BCUT2D eigenvalue weighted by Gasteiger charge is -2.34. The number of hydrogen-bond acceptors (Lipinski definition) is 3. The summed E-state index contributed by atoms with van der Waals surface area (Å²) < 4.78 is 0. The summed E-state index contributed by atoms with van der Waals surface area (Å²) in [5, 5.41) is 8.93. The Bertz CT molecular complexity index is 392. The van der Waals surface area contributed by atoms with Crippen molar-refractivity contribution < 1.29 is 9.90 Å². The highest BCUT2D eigenvalue weighted by Gasteiger charge is 2.20. The number of carboxylic acids is 1. The summed E-state index contributed by atoms with van der Waals surface area (Å²) in [7, 11) is 0. The molecule has 0 aromatic carbocycles. The molecule has 1 aliphatic rings. The van der Waals surface area contributed by atoms with Gasteiger partial charge >= 0.3 is 5.97 Å². The van der Waals surface area contributed by atoms with Crippen LogP contribution in [0.4, 0.5) is 5.82 Å². The fraction of sp³-hybridized carbons (Fsp3) is 0.500. The molecule has 4 nitrogen and oxygen atoms in total. The van der Waals surface area contributed by atoms with Crippen LogP contribution in [0.1, 0.15) is 36.5 Å². The number of anilines is 1. The molecule has 1 saturated heterocycles. The Morgan fingerprint density at radius 3 is 3.06 bits per heavy atom. The van der Waals surface area contributed by atoms with E-state index in [1.807, 2.05) is 0 Å². The van der Waals surface area contributed by atoms with Gasteiger partial charge in [-0.1, -0.05) is 0 Å². The topological polar surface area (TPSA) is 53.4 Å². The van der Waals surface area contributed by atoms with Crippen LogP contribution in [0.15, 0.2) is 18.3 Å². The minimum atomic E-state index is -0.895. The van der Waals surface area contributed by atoms with Gasteiger partial charge in [-0.2, -0.15) is 0 Å². The standard InChI is InChI=1S/C12H16N2O2/c1-9-4-2-3-7-14(9)11-8-10(12(15)16)5-6-13-11/h5-6,8-9H,2-4,7H2,1H3,(H,15,16)/t9-/m1/s1. The summed E-state index contributed by atoms with van der Waals surface area (Å²) >= 11 is 0. The molecule has 1 aromatic rings. The number of pyridine rings is 1. The van der Waals surface area contributed by atoms with Gasteiger partial charge in [-0.3, -0.25) is 0 Å². The first-order valence-corrected chi connectivity index (χ1v) is 5.64. The molecule has 86 valence electrons. The molecular weight excluding hydrogens is 204 g/mol. The van der Waals surface area contributed by atoms with Crippen LogP contribution in [0.5, 0.6) is 0 Å². The summed E-state index contributed by atoms with van der Waals surface area (Å²) in [6, 6.07) is 3.63. The molecule has 0 radical (unpaired) electrons. The highest BCUT2D eigenvalue weighted by molar-refractivity contribution is 5.88. The quantitative estimate of drug-likeness (QED) is 0.829. The van der Waals surface area contributed by atoms with Crippen LogP contribution in [0.25, 0.3) is 0 Å². The molecule has 0 spiro atoms. The molecule has 0 aliphatic carbocycles. The van der Waals surface area contributed by atoms with Gasteiger partial charge in [0.1, 0.15) is 5.82 Å². The van der Waals surface area contributed by atoms with E-state index in [0.29, 0.717) is 11.6 Å². The van der Waals surface area contributed by atoms with E-state index in [-0.39, 0.29) is 0 Å². The van der Waals surface area contributed by atoms with Crippen LogP contribution in [-0.2, 0) is 0 Å². The molecule has 0 amide bonds. The third kappa shape index (κ3) is 2.15. The zero-order valence-electron chi connectivity index (χ0n) is 9.39. The predicted octanol–water partition coefficient (Wildman–Crippen LogP) is 2.16. The molecule has 0 bridgehead atoms. The number of piperidine rings is 1. The predicted molar refractivity (Wildman–Crippen MR) is 61.9 cm³/mol. The van der Waals surface area contributed by atoms with E-state index in [1.165, 1.54) is 12.5 Å². The zero-order chi connectivity index (χ0) is 11.5. The SMILES string of the molecule is C[C@@H]1CCCCN1c1cc(C(=O)O)ccn1. The maximum atomic E-state index is 10.9. The molecule has 1 N–H and O–H groups in total. The van der Waals surface area contributed by atoms with Crippen molar-refractivity contribution in [2.24, 2.45) is 0 Å². The molecule has 1 aromatic heterocycles. The van der Waals surface area contributed by atoms with Gasteiger partial charge in [0.05, 0.1) is 5.56 Å². The summed E-state index contributed by atoms with van der Waals surface area (Å²) in [6.07, 6.45) is 5.12. The molecular formula is C12H16N2O2. The van der Waals surface area contributed by atoms with Crippen LogP contribution in [-0.4, -0.2) is 28.6 Å². The molecule has 2 rings (SSSR count). The highest BCUT2D eigenvalue weighted by Crippen LogP contribution is 2.23. The minimum absolute atomic E-state index is 0.308. The van der Waals surface area contributed by atoms with Crippen molar-refractivity contribution in [2.45, 2.75) is 32.2 Å². The third-order valence-corrected chi connectivity index (χ3v) is 3.09. The van der Waals surface area contributed by atoms with Crippen LogP contribution in [0.3, 0.4) is 0 Å². The molecule has 16 heavy (non-hydrogen) atoms. The third-order valence-electron chi connectivity index (χ3n) is 3.09. The smallest absolute Gasteiger partial charge is 0.335 e. The van der Waals surface area contributed by atoms with Gasteiger partial charge in [0.15, 0.2) is 0 Å². The Labute approximate surface area is 94.9 Å². The van der Waals surface area contributed by atoms with Gasteiger partial charge in [0.25, 0.3) is 0 Å². The molecule has 4 heteroatoms. The van der Waals surface area contributed by atoms with Gasteiger partial charge in [-0.05, 0) is 38.3 Å². The molecule has 2 heterocycles. The number of carbonyl (C=O) groups is 1. The first-order chi connectivity index (χ1) is 7.68. The lowest BCUT2D eigenvalue weighted by molar-refractivity contribution is 0.0696. The second kappa shape index (κ2) is 4.51. The number of aromatic nitrogens is 1. The van der Waals surface area contributed by atoms with Gasteiger partial charge in [0.2, 0.25) is 0 Å². The van der Waals surface area contributed by atoms with E-state index in [4.69, 9.17) is 5.11 Å². The van der Waals surface area contributed by atoms with Gasteiger partial charge < -0.3 is 10.0 Å². The Morgan fingerprint density at radius 2 is 2.38 bits per heavy atom. The van der Waals surface area contributed by atoms with Gasteiger partial charge in [-0.25, -0.2) is 9.78 Å². The van der Waals surface area contributed by atoms with Crippen molar-refractivity contribution >= 4 is 11.8 Å². The normalized spacial score (nSPS) is 20.8. The van der Waals surface area contributed by atoms with E-state index >= 15 is 0 Å². The van der Waals surface area contributed by atoms with E-state index < -0.39 is 5.97 Å². The monoisotopic (exact) mass is 220 g/mol. The fourth-order valence-electron chi connectivity index (χ4n) is 2.15. The molecule has 1 aliphatic heterocycles. The Balaban J connectivity index is 2.25. The maximum absolute atomic E-state index is 10.9. The largest absolute Gasteiger partial charge is 0.478 e. The van der Waals surface area contributed by atoms with Crippen molar-refractivity contribution in [3.05, 3.63) is 23.9 Å². The number of hydrogen-bond donors (Lipinski definition) is 1. The number of aromatic carboxylic acids is 1. The second-order valence-corrected chi connectivity index (χ2v) is 4.25. The van der Waals surface area contributed by atoms with Crippen molar-refractivity contribution in [1.82, 2.24) is 4.98 Å². The van der Waals surface area contributed by atoms with E-state index in [1.54, 1.807) is 12.3 Å². The van der Waals surface area contributed by atoms with Crippen molar-refractivity contribution in [1.29, 1.82) is 0 Å². The Hall–Kier alpha value is -1.58. The summed E-state index contributed by atoms with van der Waals surface area (Å²) in [5.74, 6) is -0.111. The average Bonchev–Trinajstić information content (AvgIpc) is 2.30. The lowest BCUT2D eigenvalue weighted by Crippen LogP contribution is -2.38. The molecule has 1 atom stereocenters. The van der Waals surface area contributed by atoms with Crippen LogP contribution in [0.2, 0.25) is 0 Å². The first-order valence-electron chi connectivity index (χ1n) is 5.64. The number of rotatable bonds is 2. The Kier molecular flexibility index (Phi) is 3.08. The average molecular weight is 220 g/mol. The van der Waals surface area contributed by atoms with Gasteiger partial charge in [0, 0.05) is 18.8 Å². The van der Waals surface area contributed by atoms with Crippen LogP contribution < -0.4 is 4.90 Å². The van der Waals surface area contributed by atoms with Crippen LogP contribution >= 0.6 is 0 Å². The van der Waals surface area contributed by atoms with E-state index in [9.17, 15) is 4.79 Å². The zero-order valence-corrected chi connectivity index (χ0v) is 9.39. The number of nitrogens with zero attached hydrogens (tertiary/aromatic N) is 2. The van der Waals surface area contributed by atoms with E-state index in [0.717, 1.165) is 25.2 Å². The van der Waals surface area contributed by atoms with Crippen molar-refractivity contribution in [2.75, 3.05) is 11.4 Å². The summed E-state index contributed by atoms with van der Waals surface area (Å²) in [4.78, 5) is 17.3. The highest BCUT2D eigenvalue weighted by atomic mass is 16.4. The summed E-state index contributed by atoms with van der Waals surface area (Å²) in [6.45, 7) is 3.13. The molecule has 0 unspecified atom stereocenters. The van der Waals surface area contributed by atoms with E-state index in [2.05, 4.69) is 16.8 Å². The van der Waals surface area contributed by atoms with Gasteiger partial charge in [-0.15, -0.1) is 0 Å². The first kappa shape index (κ1) is 10.9. The summed E-state index contributed by atoms with van der Waals surface area (Å²) in [5.41, 5.74) is 0.308. The maximum Gasteiger partial charge on any atom is 0.335 e. The minimum Gasteiger partial charge on any atom is -0.478 e.